The van der Waals surface area contributed by atoms with Crippen molar-refractivity contribution in [2.45, 2.75) is 50.2 Å². The minimum Gasteiger partial charge on any atom is -0.453 e. The number of hydrogen-bond donors (Lipinski definition) is 0. The van der Waals surface area contributed by atoms with Crippen LogP contribution in [0.4, 0.5) is 11.4 Å². The standard InChI is InChI=1S/C32H31N3O/c1-2-6-23(7-3-1)16-19-34-26-11-12-27(34)22-28(21-26)35-29-8-4-5-9-31(29)36-32-20-25(10-13-30(32)35)24-14-17-33-18-15-24/h1-10,13-15,17-18,20,26-28H,11-12,16,19,21-22H2/t26-,27+,28+. The number of benzene rings is 3. The molecule has 3 aromatic carbocycles. The maximum atomic E-state index is 6.47. The Morgan fingerprint density at radius 1 is 0.694 bits per heavy atom. The summed E-state index contributed by atoms with van der Waals surface area (Å²) >= 11 is 0. The van der Waals surface area contributed by atoms with E-state index in [2.05, 4.69) is 99.7 Å². The highest BCUT2D eigenvalue weighted by molar-refractivity contribution is 5.81. The molecule has 4 heteroatoms. The Hall–Kier alpha value is -3.63. The molecule has 0 unspecified atom stereocenters. The van der Waals surface area contributed by atoms with Gasteiger partial charge in [0.25, 0.3) is 0 Å². The van der Waals surface area contributed by atoms with Gasteiger partial charge in [-0.2, -0.15) is 0 Å². The summed E-state index contributed by atoms with van der Waals surface area (Å²) in [4.78, 5) is 9.57. The zero-order chi connectivity index (χ0) is 23.9. The van der Waals surface area contributed by atoms with Gasteiger partial charge in [0, 0.05) is 37.1 Å². The van der Waals surface area contributed by atoms with Crippen molar-refractivity contribution < 1.29 is 4.74 Å². The number of anilines is 2. The number of hydrogen-bond acceptors (Lipinski definition) is 4. The summed E-state index contributed by atoms with van der Waals surface area (Å²) in [6.45, 7) is 1.16. The maximum Gasteiger partial charge on any atom is 0.151 e. The van der Waals surface area contributed by atoms with E-state index in [0.717, 1.165) is 35.6 Å². The van der Waals surface area contributed by atoms with Crippen LogP contribution in [-0.4, -0.2) is 34.6 Å². The van der Waals surface area contributed by atoms with Crippen LogP contribution in [-0.2, 0) is 6.42 Å². The molecule has 2 bridgehead atoms. The number of nitrogens with zero attached hydrogens (tertiary/aromatic N) is 3. The Morgan fingerprint density at radius 3 is 2.22 bits per heavy atom. The predicted molar refractivity (Wildman–Crippen MR) is 145 cm³/mol. The molecule has 3 aliphatic heterocycles. The quantitative estimate of drug-likeness (QED) is 0.306. The molecule has 180 valence electrons. The van der Waals surface area contributed by atoms with Gasteiger partial charge >= 0.3 is 0 Å². The number of pyridine rings is 1. The second kappa shape index (κ2) is 9.11. The third-order valence-corrected chi connectivity index (χ3v) is 8.30. The number of fused-ring (bicyclic) bond motifs is 4. The molecule has 0 radical (unpaired) electrons. The van der Waals surface area contributed by atoms with Gasteiger partial charge < -0.3 is 9.64 Å². The molecular formula is C32H31N3O. The van der Waals surface area contributed by atoms with Crippen LogP contribution in [0.5, 0.6) is 11.5 Å². The van der Waals surface area contributed by atoms with E-state index in [4.69, 9.17) is 4.74 Å². The topological polar surface area (TPSA) is 28.6 Å². The average molecular weight is 474 g/mol. The zero-order valence-corrected chi connectivity index (χ0v) is 20.5. The van der Waals surface area contributed by atoms with Crippen LogP contribution in [0.1, 0.15) is 31.2 Å². The van der Waals surface area contributed by atoms with Crippen LogP contribution >= 0.6 is 0 Å². The predicted octanol–water partition coefficient (Wildman–Crippen LogP) is 7.23. The third kappa shape index (κ3) is 3.86. The Labute approximate surface area is 213 Å². The fourth-order valence-corrected chi connectivity index (χ4v) is 6.63. The van der Waals surface area contributed by atoms with E-state index in [1.807, 2.05) is 12.4 Å². The first-order valence-electron chi connectivity index (χ1n) is 13.2. The van der Waals surface area contributed by atoms with Crippen molar-refractivity contribution in [3.8, 4) is 22.6 Å². The van der Waals surface area contributed by atoms with Crippen molar-refractivity contribution >= 4 is 11.4 Å². The minimum atomic E-state index is 0.478. The molecule has 2 saturated heterocycles. The number of piperidine rings is 1. The van der Waals surface area contributed by atoms with Crippen molar-refractivity contribution in [1.29, 1.82) is 0 Å². The summed E-state index contributed by atoms with van der Waals surface area (Å²) in [6.07, 6.45) is 9.86. The smallest absolute Gasteiger partial charge is 0.151 e. The average Bonchev–Trinajstić information content (AvgIpc) is 3.17. The largest absolute Gasteiger partial charge is 0.453 e. The molecule has 2 fully saturated rings. The highest BCUT2D eigenvalue weighted by atomic mass is 16.5. The second-order valence-electron chi connectivity index (χ2n) is 10.3. The molecular weight excluding hydrogens is 442 g/mol. The SMILES string of the molecule is c1ccc(CCN2[C@@H]3CC[C@H]2C[C@@H](N2c4ccccc4Oc4cc(-c5ccncc5)ccc42)C3)cc1. The fraction of sp³-hybridized carbons (Fsp3) is 0.281. The molecule has 0 saturated carbocycles. The molecule has 3 atom stereocenters. The van der Waals surface area contributed by atoms with Gasteiger partial charge in [0.15, 0.2) is 11.5 Å². The Kier molecular flexibility index (Phi) is 5.47. The van der Waals surface area contributed by atoms with Gasteiger partial charge in [-0.05, 0) is 85.2 Å². The van der Waals surface area contributed by atoms with Crippen molar-refractivity contribution in [2.24, 2.45) is 0 Å². The highest BCUT2D eigenvalue weighted by Crippen LogP contribution is 2.51. The highest BCUT2D eigenvalue weighted by Gasteiger charge is 2.44. The normalized spacial score (nSPS) is 22.6. The fourth-order valence-electron chi connectivity index (χ4n) is 6.63. The first kappa shape index (κ1) is 21.6. The maximum absolute atomic E-state index is 6.47. The summed E-state index contributed by atoms with van der Waals surface area (Å²) in [7, 11) is 0. The summed E-state index contributed by atoms with van der Waals surface area (Å²) in [5.41, 5.74) is 6.15. The van der Waals surface area contributed by atoms with E-state index >= 15 is 0 Å². The van der Waals surface area contributed by atoms with Crippen LogP contribution in [0.3, 0.4) is 0 Å². The second-order valence-corrected chi connectivity index (χ2v) is 10.3. The van der Waals surface area contributed by atoms with Gasteiger partial charge in [0.1, 0.15) is 0 Å². The van der Waals surface area contributed by atoms with E-state index in [9.17, 15) is 0 Å². The van der Waals surface area contributed by atoms with Crippen molar-refractivity contribution in [3.05, 3.63) is 103 Å². The van der Waals surface area contributed by atoms with Crippen LogP contribution in [0.15, 0.2) is 97.3 Å². The molecule has 0 aliphatic carbocycles. The van der Waals surface area contributed by atoms with Crippen LogP contribution in [0.25, 0.3) is 11.1 Å². The molecule has 0 spiro atoms. The molecule has 4 nitrogen and oxygen atoms in total. The van der Waals surface area contributed by atoms with Gasteiger partial charge in [0.05, 0.1) is 11.4 Å². The van der Waals surface area contributed by atoms with E-state index in [1.54, 1.807) is 0 Å². The van der Waals surface area contributed by atoms with Gasteiger partial charge in [-0.15, -0.1) is 0 Å². The molecule has 7 rings (SSSR count). The van der Waals surface area contributed by atoms with E-state index in [0.29, 0.717) is 18.1 Å². The van der Waals surface area contributed by atoms with Gasteiger partial charge in [-0.25, -0.2) is 0 Å². The van der Waals surface area contributed by atoms with E-state index in [-0.39, 0.29) is 0 Å². The van der Waals surface area contributed by atoms with Crippen molar-refractivity contribution in [2.75, 3.05) is 11.4 Å². The molecule has 4 aromatic rings. The number of ether oxygens (including phenoxy) is 1. The van der Waals surface area contributed by atoms with Crippen molar-refractivity contribution in [3.63, 3.8) is 0 Å². The van der Waals surface area contributed by atoms with Gasteiger partial charge in [-0.1, -0.05) is 48.5 Å². The molecule has 3 aliphatic rings. The summed E-state index contributed by atoms with van der Waals surface area (Å²) < 4.78 is 6.47. The van der Waals surface area contributed by atoms with Crippen molar-refractivity contribution in [1.82, 2.24) is 9.88 Å². The minimum absolute atomic E-state index is 0.478. The van der Waals surface area contributed by atoms with Crippen LogP contribution in [0, 0.1) is 0 Å². The monoisotopic (exact) mass is 473 g/mol. The third-order valence-electron chi connectivity index (χ3n) is 8.30. The number of rotatable bonds is 5. The van der Waals surface area contributed by atoms with E-state index < -0.39 is 0 Å². The summed E-state index contributed by atoms with van der Waals surface area (Å²) in [5, 5.41) is 0. The molecule has 4 heterocycles. The Morgan fingerprint density at radius 2 is 1.42 bits per heavy atom. The number of aromatic nitrogens is 1. The summed E-state index contributed by atoms with van der Waals surface area (Å²) in [6, 6.07) is 32.1. The van der Waals surface area contributed by atoms with E-state index in [1.165, 1.54) is 42.6 Å². The Balaban J connectivity index is 1.18. The lowest BCUT2D eigenvalue weighted by Crippen LogP contribution is -2.50. The Bertz CT molecular complexity index is 1340. The first-order valence-corrected chi connectivity index (χ1v) is 13.2. The lowest BCUT2D eigenvalue weighted by molar-refractivity contribution is 0.129. The molecule has 0 N–H and O–H groups in total. The lowest BCUT2D eigenvalue weighted by Gasteiger charge is -2.46. The van der Waals surface area contributed by atoms with Gasteiger partial charge in [0.2, 0.25) is 0 Å². The van der Waals surface area contributed by atoms with Crippen LogP contribution < -0.4 is 9.64 Å². The summed E-state index contributed by atoms with van der Waals surface area (Å²) in [5.74, 6) is 1.90. The molecule has 0 amide bonds. The molecule has 36 heavy (non-hydrogen) atoms. The zero-order valence-electron chi connectivity index (χ0n) is 20.5. The van der Waals surface area contributed by atoms with Gasteiger partial charge in [-0.3, -0.25) is 9.88 Å². The lowest BCUT2D eigenvalue weighted by atomic mass is 9.93. The van der Waals surface area contributed by atoms with Crippen LogP contribution in [0.2, 0.25) is 0 Å². The number of para-hydroxylation sites is 2. The first-order chi connectivity index (χ1) is 17.8. The molecule has 1 aromatic heterocycles.